The Hall–Kier alpha value is 0.194. The van der Waals surface area contributed by atoms with Crippen molar-refractivity contribution in [2.24, 2.45) is 0 Å². The summed E-state index contributed by atoms with van der Waals surface area (Å²) >= 11 is 0. The standard InChI is InChI=1S/C7H16.C4H12O6Si2/c1-3-5-7-6-4-2;1-5-11(6-2)9-12(7-3,8-4)10-11/h3-7H2,1-2H3;1-4H3. The average molecular weight is 313 g/mol. The highest BCUT2D eigenvalue weighted by atomic mass is 28.6. The van der Waals surface area contributed by atoms with Gasteiger partial charge in [-0.2, -0.15) is 0 Å². The molecule has 1 fully saturated rings. The zero-order valence-corrected chi connectivity index (χ0v) is 15.0. The molecule has 0 aromatic heterocycles. The SMILES string of the molecule is CCCCCCC.CO[Si]1(OC)O[Si](OC)(OC)O1. The van der Waals surface area contributed by atoms with E-state index in [0.29, 0.717) is 0 Å². The predicted octanol–water partition coefficient (Wildman–Crippen LogP) is 2.47. The van der Waals surface area contributed by atoms with E-state index in [2.05, 4.69) is 13.8 Å². The van der Waals surface area contributed by atoms with Crippen LogP contribution < -0.4 is 0 Å². The summed E-state index contributed by atoms with van der Waals surface area (Å²) in [6.45, 7) is 4.49. The first-order chi connectivity index (χ1) is 9.07. The molecule has 0 radical (unpaired) electrons. The normalized spacial score (nSPS) is 19.3. The minimum absolute atomic E-state index is 1.36. The molecule has 19 heavy (non-hydrogen) atoms. The molecule has 6 nitrogen and oxygen atoms in total. The quantitative estimate of drug-likeness (QED) is 0.507. The van der Waals surface area contributed by atoms with E-state index in [1.165, 1.54) is 60.5 Å². The largest absolute Gasteiger partial charge is 0.667 e. The highest BCUT2D eigenvalue weighted by molar-refractivity contribution is 6.82. The zero-order chi connectivity index (χ0) is 14.8. The fourth-order valence-corrected chi connectivity index (χ4v) is 7.00. The van der Waals surface area contributed by atoms with Gasteiger partial charge in [0.1, 0.15) is 0 Å². The van der Waals surface area contributed by atoms with Crippen molar-refractivity contribution in [2.45, 2.75) is 46.0 Å². The van der Waals surface area contributed by atoms with E-state index in [9.17, 15) is 0 Å². The van der Waals surface area contributed by atoms with Crippen LogP contribution in [0.25, 0.3) is 0 Å². The van der Waals surface area contributed by atoms with Crippen LogP contribution in [0.3, 0.4) is 0 Å². The van der Waals surface area contributed by atoms with Crippen molar-refractivity contribution >= 4 is 18.1 Å². The van der Waals surface area contributed by atoms with Gasteiger partial charge in [-0.1, -0.05) is 46.0 Å². The molecule has 0 saturated carbocycles. The van der Waals surface area contributed by atoms with Crippen LogP contribution in [-0.4, -0.2) is 46.5 Å². The second kappa shape index (κ2) is 10.00. The Kier molecular flexibility index (Phi) is 10.1. The van der Waals surface area contributed by atoms with Crippen LogP contribution in [0, 0.1) is 0 Å². The summed E-state index contributed by atoms with van der Waals surface area (Å²) < 4.78 is 30.3. The second-order valence-corrected chi connectivity index (χ2v) is 9.35. The molecule has 0 unspecified atom stereocenters. The molecule has 1 aliphatic heterocycles. The van der Waals surface area contributed by atoms with Crippen molar-refractivity contribution in [1.29, 1.82) is 0 Å². The Morgan fingerprint density at radius 3 is 1.16 bits per heavy atom. The summed E-state index contributed by atoms with van der Waals surface area (Å²) in [6, 6.07) is 0. The van der Waals surface area contributed by atoms with Gasteiger partial charge in [-0.25, -0.2) is 0 Å². The summed E-state index contributed by atoms with van der Waals surface area (Å²) in [6.07, 6.45) is 7.01. The van der Waals surface area contributed by atoms with Crippen molar-refractivity contribution in [3.63, 3.8) is 0 Å². The fourth-order valence-electron chi connectivity index (χ4n) is 1.49. The van der Waals surface area contributed by atoms with Crippen LogP contribution in [0.2, 0.25) is 0 Å². The molecule has 0 spiro atoms. The van der Waals surface area contributed by atoms with Crippen LogP contribution in [-0.2, 0) is 25.9 Å². The smallest absolute Gasteiger partial charge is 0.355 e. The fraction of sp³-hybridized carbons (Fsp3) is 1.00. The first kappa shape index (κ1) is 19.2. The van der Waals surface area contributed by atoms with Crippen LogP contribution in [0.15, 0.2) is 0 Å². The third-order valence-electron chi connectivity index (χ3n) is 2.71. The average Bonchev–Trinajstić information content (AvgIpc) is 2.41. The highest BCUT2D eigenvalue weighted by Gasteiger charge is 2.72. The van der Waals surface area contributed by atoms with E-state index < -0.39 is 18.1 Å². The van der Waals surface area contributed by atoms with E-state index >= 15 is 0 Å². The maximum Gasteiger partial charge on any atom is 0.667 e. The molecule has 0 aliphatic carbocycles. The minimum atomic E-state index is -2.86. The molecular weight excluding hydrogens is 284 g/mol. The van der Waals surface area contributed by atoms with Gasteiger partial charge in [0.25, 0.3) is 0 Å². The lowest BCUT2D eigenvalue weighted by Gasteiger charge is -2.43. The molecule has 1 aliphatic rings. The van der Waals surface area contributed by atoms with Crippen molar-refractivity contribution in [1.82, 2.24) is 0 Å². The number of unbranched alkanes of at least 4 members (excludes halogenated alkanes) is 4. The van der Waals surface area contributed by atoms with Gasteiger partial charge < -0.3 is 25.9 Å². The van der Waals surface area contributed by atoms with E-state index in [1.54, 1.807) is 0 Å². The minimum Gasteiger partial charge on any atom is -0.355 e. The molecule has 0 bridgehead atoms. The Bertz CT molecular complexity index is 191. The van der Waals surface area contributed by atoms with E-state index in [1.807, 2.05) is 0 Å². The maximum absolute atomic E-state index is 5.28. The van der Waals surface area contributed by atoms with E-state index in [0.717, 1.165) is 0 Å². The second-order valence-electron chi connectivity index (χ2n) is 4.08. The Morgan fingerprint density at radius 2 is 0.947 bits per heavy atom. The summed E-state index contributed by atoms with van der Waals surface area (Å²) in [5.41, 5.74) is 0. The van der Waals surface area contributed by atoms with Gasteiger partial charge >= 0.3 is 18.1 Å². The summed E-state index contributed by atoms with van der Waals surface area (Å²) in [5, 5.41) is 0. The molecule has 8 heteroatoms. The van der Waals surface area contributed by atoms with Gasteiger partial charge in [0.05, 0.1) is 0 Å². The molecule has 0 aromatic carbocycles. The molecule has 116 valence electrons. The molecule has 0 atom stereocenters. The lowest BCUT2D eigenvalue weighted by molar-refractivity contribution is -0.0862. The van der Waals surface area contributed by atoms with Crippen molar-refractivity contribution in [2.75, 3.05) is 28.4 Å². The molecule has 1 heterocycles. The van der Waals surface area contributed by atoms with E-state index in [-0.39, 0.29) is 0 Å². The molecule has 1 saturated heterocycles. The maximum atomic E-state index is 5.28. The Balaban J connectivity index is 0.000000399. The molecular formula is C11H28O6Si2. The predicted molar refractivity (Wildman–Crippen MR) is 76.1 cm³/mol. The van der Waals surface area contributed by atoms with Gasteiger partial charge in [0, 0.05) is 28.4 Å². The lowest BCUT2D eigenvalue weighted by atomic mass is 10.2. The summed E-state index contributed by atoms with van der Waals surface area (Å²) in [5.74, 6) is 0. The van der Waals surface area contributed by atoms with Gasteiger partial charge in [-0.05, 0) is 0 Å². The van der Waals surface area contributed by atoms with Gasteiger partial charge in [0.2, 0.25) is 0 Å². The van der Waals surface area contributed by atoms with E-state index in [4.69, 9.17) is 25.9 Å². The van der Waals surface area contributed by atoms with Gasteiger partial charge in [-0.3, -0.25) is 0 Å². The van der Waals surface area contributed by atoms with Crippen molar-refractivity contribution in [3.05, 3.63) is 0 Å². The monoisotopic (exact) mass is 312 g/mol. The van der Waals surface area contributed by atoms with Gasteiger partial charge in [0.15, 0.2) is 0 Å². The third kappa shape index (κ3) is 6.00. The highest BCUT2D eigenvalue weighted by Crippen LogP contribution is 2.32. The molecule has 0 aromatic rings. The first-order valence-electron chi connectivity index (χ1n) is 6.68. The molecule has 0 amide bonds. The Labute approximate surface area is 119 Å². The van der Waals surface area contributed by atoms with Crippen LogP contribution in [0.1, 0.15) is 46.0 Å². The number of hydrogen-bond donors (Lipinski definition) is 0. The number of rotatable bonds is 8. The molecule has 0 N–H and O–H groups in total. The summed E-state index contributed by atoms with van der Waals surface area (Å²) in [4.78, 5) is 0. The first-order valence-corrected chi connectivity index (χ1v) is 9.95. The summed E-state index contributed by atoms with van der Waals surface area (Å²) in [7, 11) is 0.118. The van der Waals surface area contributed by atoms with Crippen molar-refractivity contribution in [3.8, 4) is 0 Å². The van der Waals surface area contributed by atoms with Gasteiger partial charge in [-0.15, -0.1) is 0 Å². The van der Waals surface area contributed by atoms with Crippen LogP contribution in [0.4, 0.5) is 0 Å². The third-order valence-corrected chi connectivity index (χ3v) is 8.71. The van der Waals surface area contributed by atoms with Crippen LogP contribution in [0.5, 0.6) is 0 Å². The molecule has 1 rings (SSSR count). The lowest BCUT2D eigenvalue weighted by Crippen LogP contribution is -2.75. The topological polar surface area (TPSA) is 55.4 Å². The number of hydrogen-bond acceptors (Lipinski definition) is 6. The van der Waals surface area contributed by atoms with Crippen molar-refractivity contribution < 1.29 is 25.9 Å². The van der Waals surface area contributed by atoms with Crippen LogP contribution >= 0.6 is 0 Å². The zero-order valence-electron chi connectivity index (χ0n) is 13.0. The Morgan fingerprint density at radius 1 is 0.632 bits per heavy atom.